The third kappa shape index (κ3) is 1.67. The van der Waals surface area contributed by atoms with Crippen molar-refractivity contribution in [3.05, 3.63) is 35.9 Å². The minimum Gasteiger partial charge on any atom is -0.293 e. The van der Waals surface area contributed by atoms with Crippen LogP contribution in [0.15, 0.2) is 24.3 Å². The van der Waals surface area contributed by atoms with E-state index < -0.39 is 0 Å². The van der Waals surface area contributed by atoms with Crippen molar-refractivity contribution in [2.75, 3.05) is 5.33 Å². The average molecular weight is 198 g/mol. The summed E-state index contributed by atoms with van der Waals surface area (Å²) >= 11 is 3.08. The molecule has 1 aromatic rings. The van der Waals surface area contributed by atoms with E-state index in [9.17, 15) is 4.79 Å². The van der Waals surface area contributed by atoms with Gasteiger partial charge < -0.3 is 0 Å². The van der Waals surface area contributed by atoms with Crippen LogP contribution in [0.1, 0.15) is 10.4 Å². The zero-order valence-electron chi connectivity index (χ0n) is 5.30. The Balaban J connectivity index is 2.85. The lowest BCUT2D eigenvalue weighted by atomic mass is 10.2. The van der Waals surface area contributed by atoms with Crippen molar-refractivity contribution in [3.63, 3.8) is 0 Å². The van der Waals surface area contributed by atoms with Gasteiger partial charge in [0.1, 0.15) is 0 Å². The first kappa shape index (κ1) is 7.48. The number of ketones is 1. The second-order valence-electron chi connectivity index (χ2n) is 1.83. The summed E-state index contributed by atoms with van der Waals surface area (Å²) in [5, 5.41) is 0.369. The van der Waals surface area contributed by atoms with E-state index in [0.717, 1.165) is 0 Å². The number of rotatable bonds is 2. The topological polar surface area (TPSA) is 17.1 Å². The van der Waals surface area contributed by atoms with E-state index in [1.165, 1.54) is 0 Å². The molecule has 0 N–H and O–H groups in total. The van der Waals surface area contributed by atoms with Gasteiger partial charge in [-0.2, -0.15) is 0 Å². The van der Waals surface area contributed by atoms with E-state index in [2.05, 4.69) is 22.0 Å². The molecule has 0 saturated heterocycles. The van der Waals surface area contributed by atoms with Crippen molar-refractivity contribution >= 4 is 21.7 Å². The molecule has 0 atom stereocenters. The number of halogens is 1. The molecule has 0 fully saturated rings. The number of Topliss-reactive ketones (excluding diaryl/α,β-unsaturated/α-hetero) is 1. The van der Waals surface area contributed by atoms with Crippen LogP contribution in [0.5, 0.6) is 0 Å². The van der Waals surface area contributed by atoms with Crippen LogP contribution in [0.4, 0.5) is 0 Å². The van der Waals surface area contributed by atoms with Crippen molar-refractivity contribution < 1.29 is 4.79 Å². The summed E-state index contributed by atoms with van der Waals surface area (Å²) in [5.41, 5.74) is 0.638. The molecule has 51 valence electrons. The summed E-state index contributed by atoms with van der Waals surface area (Å²) in [5.74, 6) is 0.0700. The first-order chi connectivity index (χ1) is 4.84. The van der Waals surface area contributed by atoms with Crippen LogP contribution < -0.4 is 0 Å². The lowest BCUT2D eigenvalue weighted by Crippen LogP contribution is -1.98. The summed E-state index contributed by atoms with van der Waals surface area (Å²) in [6.45, 7) is 0. The third-order valence-corrected chi connectivity index (χ3v) is 1.64. The van der Waals surface area contributed by atoms with Crippen molar-refractivity contribution in [2.45, 2.75) is 0 Å². The number of hydrogen-bond donors (Lipinski definition) is 0. The number of carbonyl (C=O) groups excluding carboxylic acids is 1. The second kappa shape index (κ2) is 3.52. The molecule has 10 heavy (non-hydrogen) atoms. The Bertz CT molecular complexity index is 218. The maximum atomic E-state index is 10.9. The van der Waals surface area contributed by atoms with Gasteiger partial charge in [0.05, 0.1) is 5.33 Å². The molecule has 1 aromatic carbocycles. The van der Waals surface area contributed by atoms with Gasteiger partial charge in [-0.3, -0.25) is 4.79 Å². The molecular weight excluding hydrogens is 192 g/mol. The zero-order valence-corrected chi connectivity index (χ0v) is 6.89. The number of alkyl halides is 1. The van der Waals surface area contributed by atoms with E-state index in [1.807, 2.05) is 12.1 Å². The lowest BCUT2D eigenvalue weighted by molar-refractivity contribution is 0.102. The van der Waals surface area contributed by atoms with Gasteiger partial charge >= 0.3 is 0 Å². The van der Waals surface area contributed by atoms with Gasteiger partial charge in [-0.1, -0.05) is 40.2 Å². The lowest BCUT2D eigenvalue weighted by Gasteiger charge is -1.92. The molecule has 0 aliphatic carbocycles. The largest absolute Gasteiger partial charge is 0.293 e. The SMILES string of the molecule is O=C(CBr)c1[c]cccc1. The minimum absolute atomic E-state index is 0.0700. The Morgan fingerprint density at radius 3 is 2.90 bits per heavy atom. The van der Waals surface area contributed by atoms with Gasteiger partial charge in [0.25, 0.3) is 0 Å². The van der Waals surface area contributed by atoms with Gasteiger partial charge in [-0.25, -0.2) is 0 Å². The van der Waals surface area contributed by atoms with Crippen molar-refractivity contribution in [2.24, 2.45) is 0 Å². The van der Waals surface area contributed by atoms with E-state index in [0.29, 0.717) is 10.9 Å². The highest BCUT2D eigenvalue weighted by atomic mass is 79.9. The van der Waals surface area contributed by atoms with E-state index in [-0.39, 0.29) is 5.78 Å². The summed E-state index contributed by atoms with van der Waals surface area (Å²) in [6.07, 6.45) is 0. The predicted molar refractivity (Wildman–Crippen MR) is 43.4 cm³/mol. The van der Waals surface area contributed by atoms with Crippen LogP contribution in [-0.4, -0.2) is 11.1 Å². The number of hydrogen-bond acceptors (Lipinski definition) is 1. The fourth-order valence-electron chi connectivity index (χ4n) is 0.639. The molecule has 0 spiro atoms. The Morgan fingerprint density at radius 1 is 1.60 bits per heavy atom. The van der Waals surface area contributed by atoms with Crippen molar-refractivity contribution in [3.8, 4) is 0 Å². The Labute approximate surface area is 68.2 Å². The van der Waals surface area contributed by atoms with E-state index in [4.69, 9.17) is 0 Å². The standard InChI is InChI=1S/C8H6BrO/c9-6-8(10)7-4-2-1-3-5-7/h1-4H,6H2. The molecule has 2 heteroatoms. The molecule has 0 heterocycles. The Morgan fingerprint density at radius 2 is 2.40 bits per heavy atom. The smallest absolute Gasteiger partial charge is 0.173 e. The van der Waals surface area contributed by atoms with Gasteiger partial charge in [0.15, 0.2) is 5.78 Å². The molecule has 0 amide bonds. The predicted octanol–water partition coefficient (Wildman–Crippen LogP) is 2.06. The van der Waals surface area contributed by atoms with Crippen LogP contribution in [-0.2, 0) is 0 Å². The molecule has 1 radical (unpaired) electrons. The number of benzene rings is 1. The molecule has 0 saturated carbocycles. The van der Waals surface area contributed by atoms with Crippen molar-refractivity contribution in [1.82, 2.24) is 0 Å². The summed E-state index contributed by atoms with van der Waals surface area (Å²) < 4.78 is 0. The Kier molecular flexibility index (Phi) is 2.63. The minimum atomic E-state index is 0.0700. The fraction of sp³-hybridized carbons (Fsp3) is 0.125. The average Bonchev–Trinajstić information content (AvgIpc) is 2.05. The second-order valence-corrected chi connectivity index (χ2v) is 2.39. The summed E-state index contributed by atoms with van der Waals surface area (Å²) in [4.78, 5) is 10.9. The van der Waals surface area contributed by atoms with E-state index in [1.54, 1.807) is 12.1 Å². The van der Waals surface area contributed by atoms with Gasteiger partial charge in [-0.05, 0) is 6.07 Å². The molecule has 1 nitrogen and oxygen atoms in total. The Hall–Kier alpha value is -0.630. The molecule has 0 aromatic heterocycles. The highest BCUT2D eigenvalue weighted by Crippen LogP contribution is 2.00. The fourth-order valence-corrected chi connectivity index (χ4v) is 0.941. The van der Waals surface area contributed by atoms with Crippen LogP contribution >= 0.6 is 15.9 Å². The highest BCUT2D eigenvalue weighted by Gasteiger charge is 2.00. The van der Waals surface area contributed by atoms with Crippen molar-refractivity contribution in [1.29, 1.82) is 0 Å². The third-order valence-electron chi connectivity index (χ3n) is 1.13. The molecule has 1 rings (SSSR count). The monoisotopic (exact) mass is 197 g/mol. The normalized spacial score (nSPS) is 9.30. The molecule has 0 aliphatic heterocycles. The highest BCUT2D eigenvalue weighted by molar-refractivity contribution is 9.09. The number of carbonyl (C=O) groups is 1. The van der Waals surface area contributed by atoms with Gasteiger partial charge in [0, 0.05) is 5.56 Å². The quantitative estimate of drug-likeness (QED) is 0.525. The molecule has 0 bridgehead atoms. The maximum absolute atomic E-state index is 10.9. The summed E-state index contributed by atoms with van der Waals surface area (Å²) in [7, 11) is 0. The van der Waals surface area contributed by atoms with Crippen LogP contribution in [0.25, 0.3) is 0 Å². The first-order valence-electron chi connectivity index (χ1n) is 2.90. The van der Waals surface area contributed by atoms with E-state index >= 15 is 0 Å². The van der Waals surface area contributed by atoms with Gasteiger partial charge in [0.2, 0.25) is 0 Å². The van der Waals surface area contributed by atoms with Gasteiger partial charge in [-0.15, -0.1) is 0 Å². The molecular formula is C8H6BrO. The molecule has 0 aliphatic rings. The van der Waals surface area contributed by atoms with Crippen LogP contribution in [0.2, 0.25) is 0 Å². The first-order valence-corrected chi connectivity index (χ1v) is 4.02. The van der Waals surface area contributed by atoms with Crippen LogP contribution in [0.3, 0.4) is 0 Å². The molecule has 0 unspecified atom stereocenters. The summed E-state index contributed by atoms with van der Waals surface area (Å²) in [6, 6.07) is 9.99. The zero-order chi connectivity index (χ0) is 7.40. The van der Waals surface area contributed by atoms with Crippen LogP contribution in [0, 0.1) is 6.07 Å². The maximum Gasteiger partial charge on any atom is 0.173 e.